The van der Waals surface area contributed by atoms with Gasteiger partial charge in [-0.2, -0.15) is 0 Å². The van der Waals surface area contributed by atoms with Gasteiger partial charge in [-0.1, -0.05) is 108 Å². The number of terminal acetylenes is 1. The van der Waals surface area contributed by atoms with Gasteiger partial charge in [0.25, 0.3) is 5.56 Å². The van der Waals surface area contributed by atoms with Gasteiger partial charge in [-0.05, 0) is 35.4 Å². The Hall–Kier alpha value is -5.19. The maximum absolute atomic E-state index is 14.3. The van der Waals surface area contributed by atoms with E-state index >= 15 is 0 Å². The Morgan fingerprint density at radius 1 is 1.00 bits per heavy atom. The zero-order valence-corrected chi connectivity index (χ0v) is 23.6. The van der Waals surface area contributed by atoms with Crippen molar-refractivity contribution >= 4 is 39.9 Å². The van der Waals surface area contributed by atoms with Crippen molar-refractivity contribution in [2.75, 3.05) is 13.2 Å². The minimum atomic E-state index is -0.733. The van der Waals surface area contributed by atoms with Gasteiger partial charge < -0.3 is 9.47 Å². The number of aromatic nitrogens is 1. The molecule has 0 unspecified atom stereocenters. The van der Waals surface area contributed by atoms with Gasteiger partial charge in [0.1, 0.15) is 12.4 Å². The molecule has 0 saturated heterocycles. The second-order valence-corrected chi connectivity index (χ2v) is 10.5. The Bertz CT molecular complexity index is 2050. The summed E-state index contributed by atoms with van der Waals surface area (Å²) in [5, 5.41) is 1.93. The number of nitrogens with zero attached hydrogens (tertiary/aromatic N) is 2. The maximum atomic E-state index is 14.3. The Balaban J connectivity index is 1.66. The lowest BCUT2D eigenvalue weighted by Crippen LogP contribution is -2.40. The Morgan fingerprint density at radius 2 is 1.71 bits per heavy atom. The molecule has 0 aliphatic carbocycles. The van der Waals surface area contributed by atoms with Crippen LogP contribution in [0.25, 0.3) is 22.5 Å². The van der Waals surface area contributed by atoms with Crippen LogP contribution in [-0.2, 0) is 9.53 Å². The average Bonchev–Trinajstić information content (AvgIpc) is 3.35. The Labute approximate surface area is 246 Å². The van der Waals surface area contributed by atoms with Crippen LogP contribution in [0.4, 0.5) is 0 Å². The minimum absolute atomic E-state index is 0.0950. The van der Waals surface area contributed by atoms with Crippen molar-refractivity contribution in [3.05, 3.63) is 139 Å². The number of carbonyl (C=O) groups is 1. The van der Waals surface area contributed by atoms with Gasteiger partial charge in [-0.3, -0.25) is 9.36 Å². The van der Waals surface area contributed by atoms with E-state index in [1.807, 2.05) is 103 Å². The van der Waals surface area contributed by atoms with Gasteiger partial charge in [-0.15, -0.1) is 6.42 Å². The minimum Gasteiger partial charge on any atom is -0.480 e. The first-order valence-corrected chi connectivity index (χ1v) is 14.3. The summed E-state index contributed by atoms with van der Waals surface area (Å²) in [6.07, 6.45) is 7.31. The van der Waals surface area contributed by atoms with Crippen molar-refractivity contribution in [2.45, 2.75) is 13.0 Å². The molecule has 7 heteroatoms. The molecule has 5 aromatic rings. The first kappa shape index (κ1) is 27.0. The van der Waals surface area contributed by atoms with E-state index in [9.17, 15) is 9.59 Å². The summed E-state index contributed by atoms with van der Waals surface area (Å²) in [7, 11) is 0. The summed E-state index contributed by atoms with van der Waals surface area (Å²) in [5.74, 6) is 2.58. The van der Waals surface area contributed by atoms with Crippen molar-refractivity contribution in [3.63, 3.8) is 0 Å². The normalized spacial score (nSPS) is 14.7. The van der Waals surface area contributed by atoms with Gasteiger partial charge in [-0.25, -0.2) is 9.79 Å². The van der Waals surface area contributed by atoms with Crippen LogP contribution in [0.5, 0.6) is 5.75 Å². The molecular weight excluding hydrogens is 544 g/mol. The number of ether oxygens (including phenoxy) is 2. The number of fused-ring (bicyclic) bond motifs is 2. The molecule has 206 valence electrons. The fourth-order valence-corrected chi connectivity index (χ4v) is 6.17. The summed E-state index contributed by atoms with van der Waals surface area (Å²) in [6, 6.07) is 30.0. The second kappa shape index (κ2) is 11.7. The molecule has 1 atom stereocenters. The Kier molecular flexibility index (Phi) is 7.54. The predicted molar refractivity (Wildman–Crippen MR) is 166 cm³/mol. The van der Waals surface area contributed by atoms with E-state index in [-0.39, 0.29) is 18.8 Å². The van der Waals surface area contributed by atoms with Crippen molar-refractivity contribution in [1.29, 1.82) is 0 Å². The fourth-order valence-electron chi connectivity index (χ4n) is 5.19. The zero-order valence-electron chi connectivity index (χ0n) is 22.8. The molecule has 1 aliphatic rings. The number of rotatable bonds is 7. The molecule has 0 amide bonds. The highest BCUT2D eigenvalue weighted by Gasteiger charge is 2.35. The number of thiazole rings is 1. The second-order valence-electron chi connectivity index (χ2n) is 9.53. The maximum Gasteiger partial charge on any atom is 0.338 e. The number of esters is 1. The van der Waals surface area contributed by atoms with Crippen LogP contribution in [0, 0.1) is 12.3 Å². The number of hydrogen-bond donors (Lipinski definition) is 0. The van der Waals surface area contributed by atoms with Gasteiger partial charge in [0.05, 0.1) is 28.5 Å². The fraction of sp³-hybridized carbons (Fsp3) is 0.114. The first-order chi connectivity index (χ1) is 20.6. The molecule has 0 radical (unpaired) electrons. The first-order valence-electron chi connectivity index (χ1n) is 13.5. The quantitative estimate of drug-likeness (QED) is 0.202. The van der Waals surface area contributed by atoms with Gasteiger partial charge >= 0.3 is 5.97 Å². The lowest BCUT2D eigenvalue weighted by Gasteiger charge is -2.25. The molecule has 2 heterocycles. The van der Waals surface area contributed by atoms with Crippen LogP contribution in [-0.4, -0.2) is 23.8 Å². The summed E-state index contributed by atoms with van der Waals surface area (Å²) in [5.41, 5.74) is 2.82. The predicted octanol–water partition coefficient (Wildman–Crippen LogP) is 5.10. The molecule has 0 spiro atoms. The van der Waals surface area contributed by atoms with E-state index in [0.29, 0.717) is 26.4 Å². The summed E-state index contributed by atoms with van der Waals surface area (Å²) in [6.45, 7) is 2.05. The molecule has 0 saturated carbocycles. The van der Waals surface area contributed by atoms with Gasteiger partial charge in [0.2, 0.25) is 0 Å². The van der Waals surface area contributed by atoms with Crippen molar-refractivity contribution in [1.82, 2.24) is 4.57 Å². The Morgan fingerprint density at radius 3 is 2.45 bits per heavy atom. The van der Waals surface area contributed by atoms with E-state index in [0.717, 1.165) is 27.5 Å². The lowest BCUT2D eigenvalue weighted by molar-refractivity contribution is -0.138. The summed E-state index contributed by atoms with van der Waals surface area (Å²) < 4.78 is 13.5. The van der Waals surface area contributed by atoms with Crippen molar-refractivity contribution in [3.8, 4) is 18.1 Å². The van der Waals surface area contributed by atoms with Crippen LogP contribution in [0.3, 0.4) is 0 Å². The summed E-state index contributed by atoms with van der Waals surface area (Å²) in [4.78, 5) is 33.3. The molecule has 4 aromatic carbocycles. The van der Waals surface area contributed by atoms with E-state index in [2.05, 4.69) is 5.92 Å². The monoisotopic (exact) mass is 570 g/mol. The van der Waals surface area contributed by atoms with E-state index in [1.54, 1.807) is 11.5 Å². The van der Waals surface area contributed by atoms with E-state index < -0.39 is 12.0 Å². The molecular formula is C35H26N2O4S. The number of carbonyl (C=O) groups excluding carboxylic acids is 1. The molecule has 0 fully saturated rings. The van der Waals surface area contributed by atoms with Crippen molar-refractivity contribution < 1.29 is 14.3 Å². The third-order valence-electron chi connectivity index (χ3n) is 7.01. The molecule has 0 bridgehead atoms. The molecule has 1 aliphatic heterocycles. The largest absolute Gasteiger partial charge is 0.480 e. The van der Waals surface area contributed by atoms with Crippen LogP contribution >= 0.6 is 11.3 Å². The average molecular weight is 571 g/mol. The number of hydrogen-bond acceptors (Lipinski definition) is 6. The highest BCUT2D eigenvalue weighted by atomic mass is 32.1. The lowest BCUT2D eigenvalue weighted by atomic mass is 9.93. The zero-order chi connectivity index (χ0) is 29.1. The van der Waals surface area contributed by atoms with Crippen LogP contribution < -0.4 is 19.6 Å². The standard InChI is InChI=1S/C35H26N2O4S/c1-3-21-41-28-20-19-23-13-11-12-18-26(23)27(28)22-29-33(38)37-32(25-16-9-6-10-17-25)30(34(39)40-4-2)31(36-35(37)42-29)24-14-7-5-8-15-24/h1,5-20,22,32H,4,21H2,2H3/b29-22+/t32-/m1/s1. The van der Waals surface area contributed by atoms with Gasteiger partial charge in [0, 0.05) is 11.1 Å². The molecule has 42 heavy (non-hydrogen) atoms. The molecule has 6 nitrogen and oxygen atoms in total. The highest BCUT2D eigenvalue weighted by Crippen LogP contribution is 2.35. The van der Waals surface area contributed by atoms with Crippen molar-refractivity contribution in [2.24, 2.45) is 4.99 Å². The molecule has 1 aromatic heterocycles. The molecule has 0 N–H and O–H groups in total. The van der Waals surface area contributed by atoms with Gasteiger partial charge in [0.15, 0.2) is 4.80 Å². The van der Waals surface area contributed by atoms with E-state index in [1.165, 1.54) is 11.3 Å². The summed E-state index contributed by atoms with van der Waals surface area (Å²) >= 11 is 1.27. The molecule has 6 rings (SSSR count). The third kappa shape index (κ3) is 4.93. The topological polar surface area (TPSA) is 69.9 Å². The van der Waals surface area contributed by atoms with Crippen LogP contribution in [0.2, 0.25) is 0 Å². The third-order valence-corrected chi connectivity index (χ3v) is 7.99. The van der Waals surface area contributed by atoms with Crippen LogP contribution in [0.1, 0.15) is 29.7 Å². The smallest absolute Gasteiger partial charge is 0.338 e. The highest BCUT2D eigenvalue weighted by molar-refractivity contribution is 7.07. The van der Waals surface area contributed by atoms with Crippen LogP contribution in [0.15, 0.2) is 112 Å². The number of benzene rings is 4. The van der Waals surface area contributed by atoms with E-state index in [4.69, 9.17) is 20.9 Å². The SMILES string of the molecule is C#CCOc1ccc2ccccc2c1/C=c1/sc2n(c1=O)[C@H](c1ccccc1)C(C(=O)OCC)=C(c1ccccc1)N=2.